The molecule has 1 aromatic carbocycles. The SMILES string of the molecule is CC(C)(C)c1cccc2c1C(=O)CN2. The molecule has 1 aliphatic rings. The van der Waals surface area contributed by atoms with Crippen molar-refractivity contribution in [2.45, 2.75) is 26.2 Å². The number of carbonyl (C=O) groups excluding carboxylic acids is 1. The zero-order valence-electron chi connectivity index (χ0n) is 8.85. The Morgan fingerprint density at radius 2 is 2.00 bits per heavy atom. The first kappa shape index (κ1) is 9.25. The standard InChI is InChI=1S/C12H15NO/c1-12(2,3)8-5-4-6-9-11(8)10(14)7-13-9/h4-6,13H,7H2,1-3H3. The van der Waals surface area contributed by atoms with Crippen LogP contribution in [-0.2, 0) is 5.41 Å². The number of hydrogen-bond donors (Lipinski definition) is 1. The van der Waals surface area contributed by atoms with E-state index in [9.17, 15) is 4.79 Å². The highest BCUT2D eigenvalue weighted by atomic mass is 16.1. The summed E-state index contributed by atoms with van der Waals surface area (Å²) in [6.07, 6.45) is 0. The van der Waals surface area contributed by atoms with Gasteiger partial charge in [0, 0.05) is 11.3 Å². The van der Waals surface area contributed by atoms with Crippen molar-refractivity contribution in [3.63, 3.8) is 0 Å². The van der Waals surface area contributed by atoms with Crippen molar-refractivity contribution >= 4 is 11.5 Å². The Morgan fingerprint density at radius 3 is 2.64 bits per heavy atom. The monoisotopic (exact) mass is 189 g/mol. The lowest BCUT2D eigenvalue weighted by Gasteiger charge is -2.21. The van der Waals surface area contributed by atoms with Crippen molar-refractivity contribution in [3.05, 3.63) is 29.3 Å². The summed E-state index contributed by atoms with van der Waals surface area (Å²) in [5, 5.41) is 3.11. The summed E-state index contributed by atoms with van der Waals surface area (Å²) in [4.78, 5) is 11.7. The number of ketones is 1. The Hall–Kier alpha value is -1.31. The quantitative estimate of drug-likeness (QED) is 0.679. The van der Waals surface area contributed by atoms with Gasteiger partial charge >= 0.3 is 0 Å². The van der Waals surface area contributed by atoms with Gasteiger partial charge in [0.05, 0.1) is 6.54 Å². The highest BCUT2D eigenvalue weighted by Gasteiger charge is 2.27. The number of nitrogens with one attached hydrogen (secondary N) is 1. The molecule has 0 radical (unpaired) electrons. The second kappa shape index (κ2) is 2.84. The van der Waals surface area contributed by atoms with Gasteiger partial charge < -0.3 is 5.32 Å². The minimum absolute atomic E-state index is 0.0347. The first-order valence-corrected chi connectivity index (χ1v) is 4.91. The van der Waals surface area contributed by atoms with Crippen LogP contribution in [0.5, 0.6) is 0 Å². The lowest BCUT2D eigenvalue weighted by molar-refractivity contribution is 0.101. The van der Waals surface area contributed by atoms with Crippen molar-refractivity contribution in [2.75, 3.05) is 11.9 Å². The lowest BCUT2D eigenvalue weighted by atomic mass is 9.83. The van der Waals surface area contributed by atoms with E-state index in [1.165, 1.54) is 0 Å². The number of Topliss-reactive ketones (excluding diaryl/α,β-unsaturated/α-hetero) is 1. The van der Waals surface area contributed by atoms with Crippen LogP contribution in [0.25, 0.3) is 0 Å². The van der Waals surface area contributed by atoms with Gasteiger partial charge in [0.15, 0.2) is 5.78 Å². The Labute approximate surface area is 84.3 Å². The van der Waals surface area contributed by atoms with E-state index < -0.39 is 0 Å². The summed E-state index contributed by atoms with van der Waals surface area (Å²) in [5.74, 6) is 0.213. The molecule has 0 saturated carbocycles. The molecule has 1 aromatic rings. The van der Waals surface area contributed by atoms with Gasteiger partial charge in [-0.3, -0.25) is 4.79 Å². The summed E-state index contributed by atoms with van der Waals surface area (Å²) in [5.41, 5.74) is 3.06. The molecule has 14 heavy (non-hydrogen) atoms. The summed E-state index contributed by atoms with van der Waals surface area (Å²) >= 11 is 0. The largest absolute Gasteiger partial charge is 0.377 e. The first-order chi connectivity index (χ1) is 6.50. The number of fused-ring (bicyclic) bond motifs is 1. The molecule has 0 amide bonds. The molecule has 2 heteroatoms. The van der Waals surface area contributed by atoms with Gasteiger partial charge in [0.25, 0.3) is 0 Å². The molecule has 0 bridgehead atoms. The Balaban J connectivity index is 2.64. The van der Waals surface area contributed by atoms with Gasteiger partial charge in [-0.15, -0.1) is 0 Å². The predicted octanol–water partition coefficient (Wildman–Crippen LogP) is 2.59. The Morgan fingerprint density at radius 1 is 1.29 bits per heavy atom. The van der Waals surface area contributed by atoms with Crippen LogP contribution in [0.15, 0.2) is 18.2 Å². The topological polar surface area (TPSA) is 29.1 Å². The first-order valence-electron chi connectivity index (χ1n) is 4.91. The molecule has 0 atom stereocenters. The molecule has 0 spiro atoms. The van der Waals surface area contributed by atoms with E-state index in [-0.39, 0.29) is 11.2 Å². The molecule has 0 unspecified atom stereocenters. The van der Waals surface area contributed by atoms with Crippen LogP contribution in [0.1, 0.15) is 36.7 Å². The van der Waals surface area contributed by atoms with Crippen molar-refractivity contribution in [1.82, 2.24) is 0 Å². The highest BCUT2D eigenvalue weighted by Crippen LogP contribution is 2.33. The fraction of sp³-hybridized carbons (Fsp3) is 0.417. The lowest BCUT2D eigenvalue weighted by Crippen LogP contribution is -2.15. The summed E-state index contributed by atoms with van der Waals surface area (Å²) in [6.45, 7) is 6.85. The molecule has 1 N–H and O–H groups in total. The van der Waals surface area contributed by atoms with Gasteiger partial charge in [-0.25, -0.2) is 0 Å². The maximum absolute atomic E-state index is 11.7. The van der Waals surface area contributed by atoms with Crippen LogP contribution in [0.4, 0.5) is 5.69 Å². The summed E-state index contributed by atoms with van der Waals surface area (Å²) < 4.78 is 0. The van der Waals surface area contributed by atoms with Gasteiger partial charge in [0.2, 0.25) is 0 Å². The molecule has 0 saturated heterocycles. The number of rotatable bonds is 0. The number of carbonyl (C=O) groups is 1. The minimum Gasteiger partial charge on any atom is -0.377 e. The van der Waals surface area contributed by atoms with Gasteiger partial charge in [-0.1, -0.05) is 32.9 Å². The van der Waals surface area contributed by atoms with Gasteiger partial charge in [-0.2, -0.15) is 0 Å². The van der Waals surface area contributed by atoms with E-state index in [0.29, 0.717) is 6.54 Å². The third-order valence-electron chi connectivity index (χ3n) is 2.59. The second-order valence-corrected chi connectivity index (χ2v) is 4.75. The third kappa shape index (κ3) is 1.31. The highest BCUT2D eigenvalue weighted by molar-refractivity contribution is 6.09. The smallest absolute Gasteiger partial charge is 0.184 e. The zero-order chi connectivity index (χ0) is 10.3. The average Bonchev–Trinajstić information content (AvgIpc) is 2.46. The van der Waals surface area contributed by atoms with Gasteiger partial charge in [-0.05, 0) is 17.0 Å². The van der Waals surface area contributed by atoms with Crippen LogP contribution in [-0.4, -0.2) is 12.3 Å². The average molecular weight is 189 g/mol. The van der Waals surface area contributed by atoms with Crippen LogP contribution >= 0.6 is 0 Å². The Bertz CT molecular complexity index is 388. The molecule has 0 aromatic heterocycles. The van der Waals surface area contributed by atoms with Crippen molar-refractivity contribution in [3.8, 4) is 0 Å². The Kier molecular flexibility index (Phi) is 1.88. The molecule has 1 heterocycles. The maximum Gasteiger partial charge on any atom is 0.184 e. The van der Waals surface area contributed by atoms with E-state index in [1.807, 2.05) is 18.2 Å². The fourth-order valence-electron chi connectivity index (χ4n) is 1.89. The normalized spacial score (nSPS) is 15.2. The molecule has 2 nitrogen and oxygen atoms in total. The van der Waals surface area contributed by atoms with E-state index >= 15 is 0 Å². The molecule has 74 valence electrons. The number of hydrogen-bond acceptors (Lipinski definition) is 2. The van der Waals surface area contributed by atoms with Crippen molar-refractivity contribution < 1.29 is 4.79 Å². The van der Waals surface area contributed by atoms with Crippen LogP contribution in [0.3, 0.4) is 0 Å². The summed E-state index contributed by atoms with van der Waals surface area (Å²) in [7, 11) is 0. The molecule has 0 fully saturated rings. The molecular formula is C12H15NO. The summed E-state index contributed by atoms with van der Waals surface area (Å²) in [6, 6.07) is 6.02. The van der Waals surface area contributed by atoms with E-state index in [1.54, 1.807) is 0 Å². The van der Waals surface area contributed by atoms with Gasteiger partial charge in [0.1, 0.15) is 0 Å². The minimum atomic E-state index is 0.0347. The van der Waals surface area contributed by atoms with Crippen LogP contribution < -0.4 is 5.32 Å². The van der Waals surface area contributed by atoms with Crippen LogP contribution in [0, 0.1) is 0 Å². The van der Waals surface area contributed by atoms with Crippen molar-refractivity contribution in [2.24, 2.45) is 0 Å². The molecule has 0 aliphatic carbocycles. The molecular weight excluding hydrogens is 174 g/mol. The molecule has 1 aliphatic heterocycles. The third-order valence-corrected chi connectivity index (χ3v) is 2.59. The van der Waals surface area contributed by atoms with E-state index in [0.717, 1.165) is 16.8 Å². The van der Waals surface area contributed by atoms with Crippen molar-refractivity contribution in [1.29, 1.82) is 0 Å². The fourth-order valence-corrected chi connectivity index (χ4v) is 1.89. The predicted molar refractivity (Wildman–Crippen MR) is 58.0 cm³/mol. The van der Waals surface area contributed by atoms with Crippen LogP contribution in [0.2, 0.25) is 0 Å². The van der Waals surface area contributed by atoms with E-state index in [2.05, 4.69) is 26.1 Å². The zero-order valence-corrected chi connectivity index (χ0v) is 8.85. The second-order valence-electron chi connectivity index (χ2n) is 4.75. The van der Waals surface area contributed by atoms with E-state index in [4.69, 9.17) is 0 Å². The number of anilines is 1. The number of benzene rings is 1. The molecule has 2 rings (SSSR count). The maximum atomic E-state index is 11.7.